The van der Waals surface area contributed by atoms with Crippen molar-refractivity contribution in [2.45, 2.75) is 70.1 Å². The van der Waals surface area contributed by atoms with E-state index < -0.39 is 54.3 Å². The van der Waals surface area contributed by atoms with E-state index in [-0.39, 0.29) is 18.2 Å². The number of carbonyl (C=O) groups is 5. The lowest BCUT2D eigenvalue weighted by molar-refractivity contribution is -0.147. The van der Waals surface area contributed by atoms with Crippen molar-refractivity contribution in [2.24, 2.45) is 5.92 Å². The van der Waals surface area contributed by atoms with Crippen LogP contribution < -0.4 is 21.3 Å². The molecule has 3 amide bonds. The van der Waals surface area contributed by atoms with Crippen LogP contribution in [0.2, 0.25) is 0 Å². The van der Waals surface area contributed by atoms with Crippen molar-refractivity contribution < 1.29 is 34.2 Å². The Balaban J connectivity index is 2.20. The molecule has 35 heavy (non-hydrogen) atoms. The van der Waals surface area contributed by atoms with Gasteiger partial charge in [-0.2, -0.15) is 0 Å². The number of amides is 3. The Morgan fingerprint density at radius 3 is 2.23 bits per heavy atom. The second-order valence-corrected chi connectivity index (χ2v) is 8.77. The molecule has 192 valence electrons. The molecule has 0 saturated carbocycles. The van der Waals surface area contributed by atoms with Gasteiger partial charge < -0.3 is 31.5 Å². The lowest BCUT2D eigenvalue weighted by atomic mass is 9.96. The maximum absolute atomic E-state index is 13.3. The normalized spacial score (nSPS) is 18.5. The summed E-state index contributed by atoms with van der Waals surface area (Å²) >= 11 is 0. The van der Waals surface area contributed by atoms with Gasteiger partial charge in [0.25, 0.3) is 0 Å². The average Bonchev–Trinajstić information content (AvgIpc) is 3.36. The van der Waals surface area contributed by atoms with Crippen molar-refractivity contribution in [1.82, 2.24) is 21.3 Å². The van der Waals surface area contributed by atoms with E-state index >= 15 is 0 Å². The second kappa shape index (κ2) is 13.4. The molecule has 0 spiro atoms. The van der Waals surface area contributed by atoms with Crippen molar-refractivity contribution >= 4 is 29.7 Å². The largest absolute Gasteiger partial charge is 0.481 e. The summed E-state index contributed by atoms with van der Waals surface area (Å²) < 4.78 is 0. The van der Waals surface area contributed by atoms with E-state index in [1.165, 1.54) is 0 Å². The van der Waals surface area contributed by atoms with Crippen LogP contribution in [0.15, 0.2) is 30.3 Å². The van der Waals surface area contributed by atoms with E-state index in [1.807, 2.05) is 30.3 Å². The molecule has 5 atom stereocenters. The average molecular weight is 491 g/mol. The van der Waals surface area contributed by atoms with E-state index in [0.29, 0.717) is 19.4 Å². The van der Waals surface area contributed by atoms with E-state index in [9.17, 15) is 29.1 Å². The minimum absolute atomic E-state index is 0.191. The van der Waals surface area contributed by atoms with Gasteiger partial charge in [-0.25, -0.2) is 4.79 Å². The molecule has 1 fully saturated rings. The molecule has 0 radical (unpaired) electrons. The summed E-state index contributed by atoms with van der Waals surface area (Å²) in [4.78, 5) is 61.3. The number of benzene rings is 1. The van der Waals surface area contributed by atoms with Crippen LogP contribution in [0.3, 0.4) is 0 Å². The fraction of sp³-hybridized carbons (Fsp3) is 0.542. The van der Waals surface area contributed by atoms with Crippen LogP contribution in [0.1, 0.15) is 45.1 Å². The summed E-state index contributed by atoms with van der Waals surface area (Å²) in [5.74, 6) is -4.96. The van der Waals surface area contributed by atoms with Crippen molar-refractivity contribution in [3.8, 4) is 0 Å². The minimum Gasteiger partial charge on any atom is -0.481 e. The lowest BCUT2D eigenvalue weighted by Gasteiger charge is -2.28. The molecule has 5 unspecified atom stereocenters. The second-order valence-electron chi connectivity index (χ2n) is 8.77. The van der Waals surface area contributed by atoms with Gasteiger partial charge in [0.2, 0.25) is 17.7 Å². The Morgan fingerprint density at radius 1 is 1.00 bits per heavy atom. The van der Waals surface area contributed by atoms with Crippen LogP contribution in [0, 0.1) is 5.92 Å². The zero-order valence-corrected chi connectivity index (χ0v) is 20.0. The van der Waals surface area contributed by atoms with E-state index in [1.54, 1.807) is 13.8 Å². The summed E-state index contributed by atoms with van der Waals surface area (Å²) in [5.41, 5.74) is 0.810. The molecular weight excluding hydrogens is 456 g/mol. The number of carboxylic acids is 2. The van der Waals surface area contributed by atoms with Gasteiger partial charge in [0.1, 0.15) is 18.1 Å². The van der Waals surface area contributed by atoms with Gasteiger partial charge in [-0.1, -0.05) is 50.6 Å². The van der Waals surface area contributed by atoms with Crippen molar-refractivity contribution in [2.75, 3.05) is 6.54 Å². The zero-order valence-electron chi connectivity index (χ0n) is 20.0. The Bertz CT molecular complexity index is 902. The summed E-state index contributed by atoms with van der Waals surface area (Å²) in [6.07, 6.45) is 1.38. The lowest BCUT2D eigenvalue weighted by Crippen LogP contribution is -2.59. The summed E-state index contributed by atoms with van der Waals surface area (Å²) in [5, 5.41) is 28.9. The van der Waals surface area contributed by atoms with Crippen LogP contribution in [0.4, 0.5) is 0 Å². The molecule has 1 heterocycles. The first-order chi connectivity index (χ1) is 16.6. The van der Waals surface area contributed by atoms with E-state index in [2.05, 4.69) is 21.3 Å². The van der Waals surface area contributed by atoms with Crippen LogP contribution in [-0.2, 0) is 30.4 Å². The summed E-state index contributed by atoms with van der Waals surface area (Å²) in [6.45, 7) is 4.23. The Morgan fingerprint density at radius 2 is 1.69 bits per heavy atom. The molecule has 1 aromatic rings. The molecule has 0 bridgehead atoms. The number of carboxylic acid groups (broad SMARTS) is 2. The van der Waals surface area contributed by atoms with Gasteiger partial charge in [0.05, 0.1) is 12.5 Å². The van der Waals surface area contributed by atoms with Gasteiger partial charge in [-0.15, -0.1) is 0 Å². The Kier molecular flexibility index (Phi) is 10.7. The molecule has 11 nitrogen and oxygen atoms in total. The first-order valence-electron chi connectivity index (χ1n) is 11.7. The van der Waals surface area contributed by atoms with E-state index in [0.717, 1.165) is 12.0 Å². The molecule has 0 aromatic heterocycles. The highest BCUT2D eigenvalue weighted by Gasteiger charge is 2.34. The van der Waals surface area contributed by atoms with Crippen LogP contribution >= 0.6 is 0 Å². The number of nitrogens with one attached hydrogen (secondary N) is 4. The van der Waals surface area contributed by atoms with Crippen molar-refractivity contribution in [1.29, 1.82) is 0 Å². The first-order valence-corrected chi connectivity index (χ1v) is 11.7. The third-order valence-electron chi connectivity index (χ3n) is 6.08. The molecule has 1 aliphatic rings. The third kappa shape index (κ3) is 8.67. The molecular formula is C24H34N4O7. The van der Waals surface area contributed by atoms with Crippen LogP contribution in [0.25, 0.3) is 0 Å². The highest BCUT2D eigenvalue weighted by atomic mass is 16.4. The molecule has 1 saturated heterocycles. The number of carbonyl (C=O) groups excluding carboxylic acids is 3. The smallest absolute Gasteiger partial charge is 0.326 e. The van der Waals surface area contributed by atoms with Crippen molar-refractivity contribution in [3.05, 3.63) is 35.9 Å². The van der Waals surface area contributed by atoms with E-state index in [4.69, 9.17) is 5.11 Å². The molecule has 11 heteroatoms. The van der Waals surface area contributed by atoms with Crippen LogP contribution in [0.5, 0.6) is 0 Å². The number of aliphatic carboxylic acids is 2. The van der Waals surface area contributed by atoms with Gasteiger partial charge >= 0.3 is 11.9 Å². The minimum atomic E-state index is -1.64. The number of rotatable bonds is 13. The van der Waals surface area contributed by atoms with Gasteiger partial charge in [0, 0.05) is 6.42 Å². The number of hydrogen-bond acceptors (Lipinski definition) is 6. The Hall–Kier alpha value is -3.47. The predicted octanol–water partition coefficient (Wildman–Crippen LogP) is 0.0409. The summed E-state index contributed by atoms with van der Waals surface area (Å²) in [7, 11) is 0. The number of hydrogen-bond donors (Lipinski definition) is 6. The zero-order chi connectivity index (χ0) is 26.0. The molecule has 1 aromatic carbocycles. The third-order valence-corrected chi connectivity index (χ3v) is 6.08. The predicted molar refractivity (Wildman–Crippen MR) is 126 cm³/mol. The molecule has 6 N–H and O–H groups in total. The highest BCUT2D eigenvalue weighted by molar-refractivity contribution is 5.95. The quantitative estimate of drug-likeness (QED) is 0.225. The molecule has 1 aliphatic heterocycles. The Labute approximate surface area is 204 Å². The first kappa shape index (κ1) is 27.8. The standard InChI is InChI=1S/C24H34N4O7/c1-3-14(2)20(23(33)27-18(24(34)35)13-19(29)30)28-22(32)17(12-15-8-5-4-6-9-15)26-21(31)16-10-7-11-25-16/h4-6,8-9,14,16-18,20,25H,3,7,10-13H2,1-2H3,(H,26,31)(H,27,33)(H,28,32)(H,29,30)(H,34,35). The monoisotopic (exact) mass is 490 g/mol. The highest BCUT2D eigenvalue weighted by Crippen LogP contribution is 2.12. The maximum atomic E-state index is 13.3. The maximum Gasteiger partial charge on any atom is 0.326 e. The van der Waals surface area contributed by atoms with Crippen molar-refractivity contribution in [3.63, 3.8) is 0 Å². The summed E-state index contributed by atoms with van der Waals surface area (Å²) in [6, 6.07) is 4.97. The molecule has 2 rings (SSSR count). The van der Waals surface area contributed by atoms with Gasteiger partial charge in [0.15, 0.2) is 0 Å². The van der Waals surface area contributed by atoms with Gasteiger partial charge in [-0.3, -0.25) is 19.2 Å². The SMILES string of the molecule is CCC(C)C(NC(=O)C(Cc1ccccc1)NC(=O)C1CCCN1)C(=O)NC(CC(=O)O)C(=O)O. The van der Waals surface area contributed by atoms with Crippen LogP contribution in [-0.4, -0.2) is 70.6 Å². The topological polar surface area (TPSA) is 174 Å². The molecule has 0 aliphatic carbocycles. The fourth-order valence-corrected chi connectivity index (χ4v) is 3.83. The van der Waals surface area contributed by atoms with Gasteiger partial charge in [-0.05, 0) is 30.9 Å². The fourth-order valence-electron chi connectivity index (χ4n) is 3.83.